The van der Waals surface area contributed by atoms with Gasteiger partial charge in [-0.1, -0.05) is 89.1 Å². The summed E-state index contributed by atoms with van der Waals surface area (Å²) in [7, 11) is -4.19. The maximum absolute atomic E-state index is 14.4. The van der Waals surface area contributed by atoms with Gasteiger partial charge in [-0.25, -0.2) is 8.42 Å². The predicted octanol–water partition coefficient (Wildman–Crippen LogP) is 6.77. The number of carbonyl (C=O) groups excluding carboxylic acids is 2. The van der Waals surface area contributed by atoms with Gasteiger partial charge in [-0.3, -0.25) is 13.9 Å². The molecule has 0 saturated carbocycles. The zero-order valence-corrected chi connectivity index (χ0v) is 27.8. The summed E-state index contributed by atoms with van der Waals surface area (Å²) in [6, 6.07) is 28.9. The van der Waals surface area contributed by atoms with Crippen molar-refractivity contribution in [3.05, 3.63) is 129 Å². The lowest BCUT2D eigenvalue weighted by atomic mass is 10.0. The van der Waals surface area contributed by atoms with Crippen LogP contribution in [-0.2, 0) is 32.6 Å². The third-order valence-electron chi connectivity index (χ3n) is 7.06. The van der Waals surface area contributed by atoms with E-state index >= 15 is 0 Å². The molecule has 230 valence electrons. The standard InChI is InChI=1S/C34H35BrClN3O4S/c1-3-20-37-34(41)32(22-26-9-5-4-6-10-26)38(23-27-12-14-28(35)15-13-27)33(40)24-39(30-11-7-8-25(2)21-30)44(42,43)31-18-16-29(36)17-19-31/h4-19,21,32H,3,20,22-24H2,1-2H3,(H,37,41)/t32-/m0/s1. The Hall–Kier alpha value is -3.66. The monoisotopic (exact) mass is 695 g/mol. The molecule has 1 atom stereocenters. The van der Waals surface area contributed by atoms with Crippen LogP contribution in [0.4, 0.5) is 5.69 Å². The lowest BCUT2D eigenvalue weighted by Crippen LogP contribution is -2.53. The highest BCUT2D eigenvalue weighted by atomic mass is 79.9. The van der Waals surface area contributed by atoms with Gasteiger partial charge >= 0.3 is 0 Å². The highest BCUT2D eigenvalue weighted by molar-refractivity contribution is 9.10. The van der Waals surface area contributed by atoms with Crippen molar-refractivity contribution in [1.82, 2.24) is 10.2 Å². The van der Waals surface area contributed by atoms with E-state index in [1.807, 2.05) is 74.5 Å². The number of sulfonamides is 1. The lowest BCUT2D eigenvalue weighted by molar-refractivity contribution is -0.140. The Morgan fingerprint density at radius 1 is 0.886 bits per heavy atom. The van der Waals surface area contributed by atoms with Crippen LogP contribution in [0.15, 0.2) is 112 Å². The molecule has 0 radical (unpaired) electrons. The Labute approximate surface area is 273 Å². The summed E-state index contributed by atoms with van der Waals surface area (Å²) in [4.78, 5) is 29.6. The highest BCUT2D eigenvalue weighted by Crippen LogP contribution is 2.27. The van der Waals surface area contributed by atoms with Gasteiger partial charge in [0.1, 0.15) is 12.6 Å². The van der Waals surface area contributed by atoms with Gasteiger partial charge in [0.25, 0.3) is 10.0 Å². The van der Waals surface area contributed by atoms with Gasteiger partial charge < -0.3 is 10.2 Å². The Balaban J connectivity index is 1.79. The van der Waals surface area contributed by atoms with E-state index in [1.54, 1.807) is 18.2 Å². The first kappa shape index (κ1) is 33.2. The molecule has 7 nitrogen and oxygen atoms in total. The molecule has 0 aliphatic rings. The van der Waals surface area contributed by atoms with Crippen LogP contribution in [0.1, 0.15) is 30.0 Å². The van der Waals surface area contributed by atoms with Crippen molar-refractivity contribution in [1.29, 1.82) is 0 Å². The number of nitrogens with zero attached hydrogens (tertiary/aromatic N) is 2. The summed E-state index contributed by atoms with van der Waals surface area (Å²) in [5.41, 5.74) is 2.85. The molecule has 0 bridgehead atoms. The molecule has 0 heterocycles. The van der Waals surface area contributed by atoms with Crippen LogP contribution in [-0.4, -0.2) is 44.3 Å². The lowest BCUT2D eigenvalue weighted by Gasteiger charge is -2.34. The zero-order valence-electron chi connectivity index (χ0n) is 24.6. The zero-order chi connectivity index (χ0) is 31.7. The van der Waals surface area contributed by atoms with Crippen molar-refractivity contribution in [2.24, 2.45) is 0 Å². The maximum Gasteiger partial charge on any atom is 0.264 e. The minimum atomic E-state index is -4.19. The fraction of sp³-hybridized carbons (Fsp3) is 0.235. The number of rotatable bonds is 13. The summed E-state index contributed by atoms with van der Waals surface area (Å²) in [6.07, 6.45) is 0.984. The molecule has 4 rings (SSSR count). The Morgan fingerprint density at radius 2 is 1.57 bits per heavy atom. The van der Waals surface area contributed by atoms with Crippen LogP contribution < -0.4 is 9.62 Å². The third kappa shape index (κ3) is 8.71. The first-order valence-corrected chi connectivity index (χ1v) is 16.9. The first-order valence-electron chi connectivity index (χ1n) is 14.3. The summed E-state index contributed by atoms with van der Waals surface area (Å²) < 4.78 is 30.1. The Morgan fingerprint density at radius 3 is 2.20 bits per heavy atom. The van der Waals surface area contributed by atoms with E-state index < -0.39 is 28.5 Å². The number of carbonyl (C=O) groups is 2. The van der Waals surface area contributed by atoms with Crippen molar-refractivity contribution in [3.8, 4) is 0 Å². The molecule has 0 saturated heterocycles. The van der Waals surface area contributed by atoms with Gasteiger partial charge in [0.05, 0.1) is 10.6 Å². The molecule has 0 aliphatic heterocycles. The van der Waals surface area contributed by atoms with E-state index in [4.69, 9.17) is 11.6 Å². The van der Waals surface area contributed by atoms with Crippen LogP contribution in [0.2, 0.25) is 5.02 Å². The normalized spacial score (nSPS) is 11.9. The SMILES string of the molecule is CCCNC(=O)[C@H](Cc1ccccc1)N(Cc1ccc(Br)cc1)C(=O)CN(c1cccc(C)c1)S(=O)(=O)c1ccc(Cl)cc1. The fourth-order valence-electron chi connectivity index (χ4n) is 4.75. The highest BCUT2D eigenvalue weighted by Gasteiger charge is 2.34. The first-order chi connectivity index (χ1) is 21.1. The number of amides is 2. The average molecular weight is 697 g/mol. The number of hydrogen-bond donors (Lipinski definition) is 1. The molecule has 4 aromatic rings. The summed E-state index contributed by atoms with van der Waals surface area (Å²) in [5, 5.41) is 3.35. The second-order valence-corrected chi connectivity index (χ2v) is 13.7. The molecule has 0 aromatic heterocycles. The summed E-state index contributed by atoms with van der Waals surface area (Å²) in [6.45, 7) is 3.85. The molecule has 0 spiro atoms. The number of anilines is 1. The third-order valence-corrected chi connectivity index (χ3v) is 9.63. The minimum Gasteiger partial charge on any atom is -0.354 e. The predicted molar refractivity (Wildman–Crippen MR) is 179 cm³/mol. The Bertz CT molecular complexity index is 1670. The number of benzene rings is 4. The molecular weight excluding hydrogens is 662 g/mol. The van der Waals surface area contributed by atoms with Crippen LogP contribution in [0.5, 0.6) is 0 Å². The van der Waals surface area contributed by atoms with Crippen molar-refractivity contribution < 1.29 is 18.0 Å². The van der Waals surface area contributed by atoms with E-state index in [0.717, 1.165) is 31.9 Å². The number of aryl methyl sites for hydroxylation is 1. The summed E-state index contributed by atoms with van der Waals surface area (Å²) >= 11 is 9.50. The summed E-state index contributed by atoms with van der Waals surface area (Å²) in [5.74, 6) is -0.816. The van der Waals surface area contributed by atoms with Gasteiger partial charge in [-0.2, -0.15) is 0 Å². The minimum absolute atomic E-state index is 0.00260. The molecule has 10 heteroatoms. The van der Waals surface area contributed by atoms with E-state index in [9.17, 15) is 18.0 Å². The second kappa shape index (κ2) is 15.4. The fourth-order valence-corrected chi connectivity index (χ4v) is 6.55. The van der Waals surface area contributed by atoms with Crippen molar-refractivity contribution in [2.75, 3.05) is 17.4 Å². The van der Waals surface area contributed by atoms with Crippen molar-refractivity contribution in [3.63, 3.8) is 0 Å². The molecule has 4 aromatic carbocycles. The van der Waals surface area contributed by atoms with Gasteiger partial charge in [0.2, 0.25) is 11.8 Å². The molecule has 1 N–H and O–H groups in total. The molecule has 44 heavy (non-hydrogen) atoms. The van der Waals surface area contributed by atoms with Crippen molar-refractivity contribution in [2.45, 2.75) is 44.2 Å². The van der Waals surface area contributed by atoms with E-state index in [0.29, 0.717) is 17.3 Å². The van der Waals surface area contributed by atoms with E-state index in [2.05, 4.69) is 21.2 Å². The van der Waals surface area contributed by atoms with Crippen LogP contribution in [0.3, 0.4) is 0 Å². The molecule has 0 aliphatic carbocycles. The largest absolute Gasteiger partial charge is 0.354 e. The number of nitrogens with one attached hydrogen (secondary N) is 1. The molecule has 0 fully saturated rings. The van der Waals surface area contributed by atoms with Crippen molar-refractivity contribution >= 4 is 55.1 Å². The topological polar surface area (TPSA) is 86.8 Å². The maximum atomic E-state index is 14.4. The smallest absolute Gasteiger partial charge is 0.264 e. The van der Waals surface area contributed by atoms with Gasteiger partial charge in [0.15, 0.2) is 0 Å². The number of hydrogen-bond acceptors (Lipinski definition) is 4. The number of halogens is 2. The van der Waals surface area contributed by atoms with Crippen LogP contribution in [0.25, 0.3) is 0 Å². The van der Waals surface area contributed by atoms with E-state index in [1.165, 1.54) is 29.2 Å². The molecule has 0 unspecified atom stereocenters. The van der Waals surface area contributed by atoms with Gasteiger partial charge in [-0.15, -0.1) is 0 Å². The van der Waals surface area contributed by atoms with Gasteiger partial charge in [-0.05, 0) is 78.6 Å². The Kier molecular flexibility index (Phi) is 11.6. The van der Waals surface area contributed by atoms with Crippen LogP contribution >= 0.6 is 27.5 Å². The molecule has 2 amide bonds. The quantitative estimate of drug-likeness (QED) is 0.167. The van der Waals surface area contributed by atoms with Gasteiger partial charge in [0, 0.05) is 29.0 Å². The average Bonchev–Trinajstić information content (AvgIpc) is 3.01. The van der Waals surface area contributed by atoms with Crippen LogP contribution in [0, 0.1) is 6.92 Å². The van der Waals surface area contributed by atoms with E-state index in [-0.39, 0.29) is 23.8 Å². The molecular formula is C34H35BrClN3O4S. The second-order valence-electron chi connectivity index (χ2n) is 10.4.